The van der Waals surface area contributed by atoms with Crippen molar-refractivity contribution in [2.45, 2.75) is 20.8 Å². The van der Waals surface area contributed by atoms with Crippen LogP contribution < -0.4 is 5.32 Å². The molecule has 0 spiro atoms. The third-order valence-electron chi connectivity index (χ3n) is 1.37. The highest BCUT2D eigenvalue weighted by molar-refractivity contribution is 5.26. The fraction of sp³-hybridized carbons (Fsp3) is 0.364. The van der Waals surface area contributed by atoms with Gasteiger partial charge in [0.2, 0.25) is 0 Å². The summed E-state index contributed by atoms with van der Waals surface area (Å²) >= 11 is 0. The Labute approximate surface area is 74.2 Å². The highest BCUT2D eigenvalue weighted by Gasteiger charge is 2.02. The minimum Gasteiger partial charge on any atom is -0.355 e. The molecule has 0 saturated carbocycles. The molecule has 1 heterocycles. The summed E-state index contributed by atoms with van der Waals surface area (Å²) < 4.78 is 0. The molecule has 0 aliphatic carbocycles. The summed E-state index contributed by atoms with van der Waals surface area (Å²) in [5.74, 6) is 0. The van der Waals surface area contributed by atoms with Crippen molar-refractivity contribution in [1.82, 2.24) is 5.32 Å². The van der Waals surface area contributed by atoms with E-state index in [4.69, 9.17) is 0 Å². The quantitative estimate of drug-likeness (QED) is 0.539. The lowest BCUT2D eigenvalue weighted by atomic mass is 9.97. The average molecular weight is 161 g/mol. The van der Waals surface area contributed by atoms with E-state index < -0.39 is 0 Å². The van der Waals surface area contributed by atoms with Gasteiger partial charge in [-0.1, -0.05) is 32.6 Å². The molecule has 0 saturated heterocycles. The monoisotopic (exact) mass is 161 g/mol. The van der Waals surface area contributed by atoms with Gasteiger partial charge < -0.3 is 5.32 Å². The van der Waals surface area contributed by atoms with Gasteiger partial charge in [0.15, 0.2) is 0 Å². The predicted molar refractivity (Wildman–Crippen MR) is 52.5 cm³/mol. The van der Waals surface area contributed by atoms with Crippen LogP contribution in [-0.2, 0) is 0 Å². The highest BCUT2D eigenvalue weighted by Crippen LogP contribution is 2.13. The zero-order valence-electron chi connectivity index (χ0n) is 7.89. The molecule has 0 unspecified atom stereocenters. The fourth-order valence-electron chi connectivity index (χ4n) is 0.777. The van der Waals surface area contributed by atoms with Gasteiger partial charge >= 0.3 is 0 Å². The first-order chi connectivity index (χ1) is 5.58. The summed E-state index contributed by atoms with van der Waals surface area (Å²) in [5, 5.41) is 3.10. The molecule has 0 amide bonds. The first kappa shape index (κ1) is 8.89. The van der Waals surface area contributed by atoms with Gasteiger partial charge in [-0.3, -0.25) is 0 Å². The zero-order chi connectivity index (χ0) is 9.03. The standard InChI is InChI=1S/C11H15N/c1-11(2,3)8-7-10-6-4-5-9-12-10/h4-6,8-9,12H,1-3H3. The van der Waals surface area contributed by atoms with E-state index in [0.717, 1.165) is 5.70 Å². The van der Waals surface area contributed by atoms with Crippen molar-refractivity contribution in [2.24, 2.45) is 5.41 Å². The Morgan fingerprint density at radius 1 is 1.33 bits per heavy atom. The van der Waals surface area contributed by atoms with Crippen LogP contribution in [-0.4, -0.2) is 0 Å². The van der Waals surface area contributed by atoms with Crippen molar-refractivity contribution >= 4 is 0 Å². The van der Waals surface area contributed by atoms with E-state index in [1.54, 1.807) is 0 Å². The molecule has 12 heavy (non-hydrogen) atoms. The van der Waals surface area contributed by atoms with Gasteiger partial charge in [0.1, 0.15) is 0 Å². The third-order valence-corrected chi connectivity index (χ3v) is 1.37. The molecule has 1 rings (SSSR count). The third kappa shape index (κ3) is 3.27. The first-order valence-corrected chi connectivity index (χ1v) is 4.15. The van der Waals surface area contributed by atoms with Crippen molar-refractivity contribution in [3.63, 3.8) is 0 Å². The van der Waals surface area contributed by atoms with E-state index in [9.17, 15) is 0 Å². The van der Waals surface area contributed by atoms with Gasteiger partial charge in [-0.2, -0.15) is 0 Å². The van der Waals surface area contributed by atoms with Crippen LogP contribution in [0.4, 0.5) is 0 Å². The maximum atomic E-state index is 3.20. The van der Waals surface area contributed by atoms with Crippen molar-refractivity contribution < 1.29 is 0 Å². The Balaban J connectivity index is 2.76. The maximum Gasteiger partial charge on any atom is 0.0810 e. The molecule has 0 aromatic rings. The van der Waals surface area contributed by atoms with Crippen LogP contribution in [0.3, 0.4) is 0 Å². The largest absolute Gasteiger partial charge is 0.355 e. The first-order valence-electron chi connectivity index (χ1n) is 4.15. The van der Waals surface area contributed by atoms with E-state index in [1.165, 1.54) is 0 Å². The number of allylic oxidation sites excluding steroid dienone is 3. The van der Waals surface area contributed by atoms with E-state index in [2.05, 4.69) is 37.9 Å². The second-order valence-corrected chi connectivity index (χ2v) is 3.93. The second kappa shape index (κ2) is 3.46. The minimum absolute atomic E-state index is 0.198. The van der Waals surface area contributed by atoms with Gasteiger partial charge in [-0.25, -0.2) is 0 Å². The molecule has 0 aromatic carbocycles. The Kier molecular flexibility index (Phi) is 2.57. The molecule has 0 radical (unpaired) electrons. The van der Waals surface area contributed by atoms with E-state index in [-0.39, 0.29) is 5.41 Å². The summed E-state index contributed by atoms with van der Waals surface area (Å²) in [6.07, 6.45) is 9.93. The molecule has 0 fully saturated rings. The van der Waals surface area contributed by atoms with E-state index >= 15 is 0 Å². The number of nitrogens with one attached hydrogen (secondary N) is 1. The minimum atomic E-state index is 0.198. The molecule has 64 valence electrons. The van der Waals surface area contributed by atoms with E-state index in [0.29, 0.717) is 0 Å². The molecule has 1 nitrogen and oxygen atoms in total. The fourth-order valence-corrected chi connectivity index (χ4v) is 0.777. The van der Waals surface area contributed by atoms with Crippen molar-refractivity contribution in [2.75, 3.05) is 0 Å². The Morgan fingerprint density at radius 3 is 2.58 bits per heavy atom. The molecular weight excluding hydrogens is 146 g/mol. The topological polar surface area (TPSA) is 12.0 Å². The maximum absolute atomic E-state index is 3.20. The van der Waals surface area contributed by atoms with Crippen LogP contribution in [0.2, 0.25) is 0 Å². The van der Waals surface area contributed by atoms with Crippen LogP contribution >= 0.6 is 0 Å². The lowest BCUT2D eigenvalue weighted by Crippen LogP contribution is -2.04. The summed E-state index contributed by atoms with van der Waals surface area (Å²) in [6, 6.07) is 0. The Bertz CT molecular complexity index is 268. The smallest absolute Gasteiger partial charge is 0.0810 e. The molecule has 0 atom stereocenters. The highest BCUT2D eigenvalue weighted by atomic mass is 14.8. The number of hydrogen-bond donors (Lipinski definition) is 1. The van der Waals surface area contributed by atoms with Crippen LogP contribution in [0.25, 0.3) is 0 Å². The zero-order valence-corrected chi connectivity index (χ0v) is 7.89. The summed E-state index contributed by atoms with van der Waals surface area (Å²) in [6.45, 7) is 6.47. The molecule has 0 aromatic heterocycles. The van der Waals surface area contributed by atoms with Gasteiger partial charge in [-0.15, -0.1) is 0 Å². The molecule has 1 heteroatoms. The van der Waals surface area contributed by atoms with Crippen LogP contribution in [0.1, 0.15) is 20.8 Å². The van der Waals surface area contributed by atoms with Gasteiger partial charge in [0.05, 0.1) is 5.70 Å². The van der Waals surface area contributed by atoms with Crippen molar-refractivity contribution in [3.8, 4) is 0 Å². The van der Waals surface area contributed by atoms with Crippen molar-refractivity contribution in [3.05, 3.63) is 41.9 Å². The Morgan fingerprint density at radius 2 is 2.08 bits per heavy atom. The Hall–Kier alpha value is -1.20. The van der Waals surface area contributed by atoms with Gasteiger partial charge in [0, 0.05) is 6.20 Å². The van der Waals surface area contributed by atoms with Crippen LogP contribution in [0, 0.1) is 5.41 Å². The predicted octanol–water partition coefficient (Wildman–Crippen LogP) is 2.74. The lowest BCUT2D eigenvalue weighted by molar-refractivity contribution is 0.544. The van der Waals surface area contributed by atoms with Gasteiger partial charge in [-0.05, 0) is 23.6 Å². The van der Waals surface area contributed by atoms with Crippen LogP contribution in [0.15, 0.2) is 41.9 Å². The van der Waals surface area contributed by atoms with Crippen LogP contribution in [0.5, 0.6) is 0 Å². The lowest BCUT2D eigenvalue weighted by Gasteiger charge is -2.09. The summed E-state index contributed by atoms with van der Waals surface area (Å²) in [5.41, 5.74) is 4.42. The summed E-state index contributed by atoms with van der Waals surface area (Å²) in [4.78, 5) is 0. The molecule has 1 aliphatic heterocycles. The normalized spacial score (nSPS) is 15.4. The SMILES string of the molecule is CC(C)(C)C=C=C1C=CC=CN1. The second-order valence-electron chi connectivity index (χ2n) is 3.93. The average Bonchev–Trinajstić information content (AvgIpc) is 2.02. The molecular formula is C11H15N. The number of hydrogen-bond acceptors (Lipinski definition) is 1. The van der Waals surface area contributed by atoms with Gasteiger partial charge in [0.25, 0.3) is 0 Å². The van der Waals surface area contributed by atoms with E-state index in [1.807, 2.05) is 24.4 Å². The number of rotatable bonds is 0. The number of dihydropyridines is 1. The van der Waals surface area contributed by atoms with Crippen molar-refractivity contribution in [1.29, 1.82) is 0 Å². The molecule has 1 N–H and O–H groups in total. The molecule has 0 bridgehead atoms. The molecule has 1 aliphatic rings. The summed E-state index contributed by atoms with van der Waals surface area (Å²) in [7, 11) is 0.